The quantitative estimate of drug-likeness (QED) is 0.0829. The molecule has 386 valence electrons. The summed E-state index contributed by atoms with van der Waals surface area (Å²) >= 11 is 0. The van der Waals surface area contributed by atoms with Crippen molar-refractivity contribution in [2.24, 2.45) is 28.6 Å². The molecule has 0 unspecified atom stereocenters. The second kappa shape index (κ2) is 16.2. The number of rotatable bonds is 8. The minimum atomic E-state index is -1.11. The fourth-order valence-corrected chi connectivity index (χ4v) is 16.9. The van der Waals surface area contributed by atoms with E-state index in [9.17, 15) is 30.0 Å². The van der Waals surface area contributed by atoms with Crippen molar-refractivity contribution in [3.05, 3.63) is 88.5 Å². The number of carboxylic acid groups (broad SMARTS) is 1. The largest absolute Gasteiger partial charge is 0.504 e. The number of para-hydroxylation sites is 1. The Morgan fingerprint density at radius 2 is 1.38 bits per heavy atom. The van der Waals surface area contributed by atoms with Crippen LogP contribution < -0.4 is 14.2 Å². The number of nitrogens with zero attached hydrogens (tertiary/aromatic N) is 2. The lowest BCUT2D eigenvalue weighted by molar-refractivity contribution is -0.312. The zero-order chi connectivity index (χ0) is 50.7. The number of fused-ring (bicyclic) bond motifs is 2. The molecule has 3 aromatic rings. The van der Waals surface area contributed by atoms with Gasteiger partial charge in [-0.1, -0.05) is 51.6 Å². The molecule has 8 aliphatic carbocycles. The number of carbonyl (C=O) groups is 2. The Kier molecular flexibility index (Phi) is 10.8. The lowest BCUT2D eigenvalue weighted by Crippen LogP contribution is -2.83. The third kappa shape index (κ3) is 6.48. The van der Waals surface area contributed by atoms with Crippen molar-refractivity contribution in [1.82, 2.24) is 9.80 Å². The molecule has 0 amide bonds. The molecule has 5 N–H and O–H groups in total. The predicted octanol–water partition coefficient (Wildman–Crippen LogP) is 8.24. The van der Waals surface area contributed by atoms with Gasteiger partial charge in [0.25, 0.3) is 0 Å². The van der Waals surface area contributed by atoms with Crippen LogP contribution in [0.4, 0.5) is 0 Å². The predicted molar refractivity (Wildman–Crippen MR) is 269 cm³/mol. The highest BCUT2D eigenvalue weighted by Gasteiger charge is 2.82. The van der Waals surface area contributed by atoms with E-state index in [4.69, 9.17) is 19.3 Å². The summed E-state index contributed by atoms with van der Waals surface area (Å²) in [6.07, 6.45) is 13.4. The van der Waals surface area contributed by atoms with Crippen LogP contribution in [0, 0.1) is 28.6 Å². The molecule has 3 aromatic carbocycles. The SMILES string of the molecule is C=C1CC[C@@]2(O)[C@H]3Cc4ccc(O)c5c4[C@@]2(CCN3CC2CC2)[C@H]1O5.CC(=O)Oc1ccccc1C(=O)O.CO[C@@]12CC[C@@]3(C[C@@H]1[C@](C)(O)C(C)(C)C)[C@H]1Cc4ccc(O)c5c4[C@@]3(CCN1CC1CC1)[C@H]2O5. The van der Waals surface area contributed by atoms with Crippen LogP contribution in [-0.4, -0.2) is 122 Å². The van der Waals surface area contributed by atoms with Crippen molar-refractivity contribution < 1.29 is 54.1 Å². The number of hydrogen-bond donors (Lipinski definition) is 5. The van der Waals surface area contributed by atoms with Crippen molar-refractivity contribution in [3.63, 3.8) is 0 Å². The molecular formula is C59H74N2O11. The number of piperidine rings is 2. The third-order valence-corrected chi connectivity index (χ3v) is 20.9. The van der Waals surface area contributed by atoms with E-state index in [2.05, 4.69) is 48.0 Å². The molecule has 13 heteroatoms. The number of aromatic carboxylic acids is 1. The number of esters is 1. The average Bonchev–Trinajstić information content (AvgIpc) is 4.27. The van der Waals surface area contributed by atoms with Gasteiger partial charge in [0.2, 0.25) is 0 Å². The molecule has 4 aliphatic heterocycles. The number of carbonyl (C=O) groups excluding carboxylic acids is 1. The number of ether oxygens (including phenoxy) is 4. The summed E-state index contributed by atoms with van der Waals surface area (Å²) < 4.78 is 24.4. The smallest absolute Gasteiger partial charge is 0.339 e. The Hall–Kier alpha value is -4.66. The van der Waals surface area contributed by atoms with Crippen LogP contribution in [0.1, 0.15) is 138 Å². The van der Waals surface area contributed by atoms with Gasteiger partial charge in [-0.25, -0.2) is 4.79 Å². The number of phenols is 2. The normalized spacial score (nSPS) is 36.8. The summed E-state index contributed by atoms with van der Waals surface area (Å²) in [5.41, 5.74) is 2.97. The van der Waals surface area contributed by atoms with Crippen molar-refractivity contribution in [2.75, 3.05) is 33.3 Å². The fourth-order valence-electron chi connectivity index (χ4n) is 16.9. The number of benzene rings is 3. The molecule has 3 spiro atoms. The van der Waals surface area contributed by atoms with Gasteiger partial charge in [0, 0.05) is 67.1 Å². The number of phenolic OH excluding ortho intramolecular Hbond substituents is 2. The first-order valence-electron chi connectivity index (χ1n) is 26.9. The Bertz CT molecular complexity index is 2760. The number of hydrogen-bond acceptors (Lipinski definition) is 12. The van der Waals surface area contributed by atoms with Gasteiger partial charge in [-0.05, 0) is 162 Å². The number of aliphatic hydroxyl groups is 2. The molecule has 13 nitrogen and oxygen atoms in total. The van der Waals surface area contributed by atoms with Gasteiger partial charge in [0.1, 0.15) is 29.1 Å². The number of carboxylic acids is 1. The van der Waals surface area contributed by atoms with E-state index in [1.54, 1.807) is 18.2 Å². The van der Waals surface area contributed by atoms with Crippen LogP contribution in [-0.2, 0) is 33.2 Å². The highest BCUT2D eigenvalue weighted by atomic mass is 16.6. The minimum Gasteiger partial charge on any atom is -0.504 e. The van der Waals surface area contributed by atoms with Gasteiger partial charge in [-0.2, -0.15) is 0 Å². The lowest BCUT2D eigenvalue weighted by Gasteiger charge is -2.75. The lowest BCUT2D eigenvalue weighted by atomic mass is 9.33. The molecule has 6 saturated carbocycles. The van der Waals surface area contributed by atoms with Gasteiger partial charge < -0.3 is 44.5 Å². The fraction of sp³-hybridized carbons (Fsp3) is 0.627. The first-order valence-corrected chi connectivity index (χ1v) is 26.9. The zero-order valence-electron chi connectivity index (χ0n) is 43.0. The van der Waals surface area contributed by atoms with Crippen molar-refractivity contribution in [3.8, 4) is 28.7 Å². The zero-order valence-corrected chi connectivity index (χ0v) is 43.0. The molecule has 12 aliphatic rings. The number of methoxy groups -OCH3 is 1. The summed E-state index contributed by atoms with van der Waals surface area (Å²) in [6, 6.07) is 14.4. The van der Waals surface area contributed by atoms with Crippen molar-refractivity contribution in [2.45, 2.75) is 170 Å². The van der Waals surface area contributed by atoms with E-state index in [1.807, 2.05) is 26.2 Å². The second-order valence-corrected chi connectivity index (χ2v) is 25.1. The van der Waals surface area contributed by atoms with E-state index in [1.165, 1.54) is 68.0 Å². The van der Waals surface area contributed by atoms with Crippen LogP contribution in [0.25, 0.3) is 0 Å². The highest BCUT2D eigenvalue weighted by molar-refractivity contribution is 5.91. The van der Waals surface area contributed by atoms with E-state index < -0.39 is 34.2 Å². The summed E-state index contributed by atoms with van der Waals surface area (Å²) in [6.45, 7) is 18.4. The maximum absolute atomic E-state index is 12.2. The van der Waals surface area contributed by atoms with E-state index in [-0.39, 0.29) is 63.2 Å². The second-order valence-electron chi connectivity index (χ2n) is 25.1. The topological polar surface area (TPSA) is 179 Å². The highest BCUT2D eigenvalue weighted by Crippen LogP contribution is 2.78. The van der Waals surface area contributed by atoms with E-state index in [0.717, 1.165) is 100 Å². The number of aromatic hydroxyl groups is 2. The van der Waals surface area contributed by atoms with E-state index >= 15 is 0 Å². The molecule has 11 atom stereocenters. The molecule has 72 heavy (non-hydrogen) atoms. The molecule has 15 rings (SSSR count). The van der Waals surface area contributed by atoms with Crippen LogP contribution >= 0.6 is 0 Å². The van der Waals surface area contributed by atoms with Gasteiger partial charge in [-0.15, -0.1) is 0 Å². The summed E-state index contributed by atoms with van der Waals surface area (Å²) in [4.78, 5) is 26.6. The Morgan fingerprint density at radius 1 is 0.792 bits per heavy atom. The van der Waals surface area contributed by atoms with Crippen molar-refractivity contribution >= 4 is 11.9 Å². The van der Waals surface area contributed by atoms with Gasteiger partial charge in [0.15, 0.2) is 23.0 Å². The van der Waals surface area contributed by atoms with Gasteiger partial charge >= 0.3 is 11.9 Å². The van der Waals surface area contributed by atoms with E-state index in [0.29, 0.717) is 17.5 Å². The summed E-state index contributed by atoms with van der Waals surface area (Å²) in [5.74, 6) is 1.86. The molecule has 8 fully saturated rings. The Morgan fingerprint density at radius 3 is 1.97 bits per heavy atom. The molecule has 0 radical (unpaired) electrons. The van der Waals surface area contributed by atoms with Crippen LogP contribution in [0.2, 0.25) is 0 Å². The third-order valence-electron chi connectivity index (χ3n) is 20.9. The standard InChI is InChI=1S/C29H41NO4.C21H25NO3.C9H8O4/c1-25(2,3)26(4,32)20-15-27-10-11-29(20,33-5)24-28(27)12-13-30(16-17-6-7-17)21(27)14-18-8-9-19(31)23(34-24)22(18)28;1-12-6-7-21(24)16-10-14-4-5-15(23)18-17(14)20(21,19(12)25-18)8-9-22(16)11-13-2-3-13;1-6(10)13-8-5-3-2-4-7(8)9(11)12/h8-9,17,20-21,24,31-32H,6-7,10-16H2,1-5H3;4-5,13,16,19,23-24H,1-3,6-11H2;2-5H,1H3,(H,11,12)/t20-,21-,24-,26+,27-,28+,29+;16-,19+,20+,21-;/m11./s1. The van der Waals surface area contributed by atoms with Gasteiger partial charge in [0.05, 0.1) is 16.6 Å². The van der Waals surface area contributed by atoms with Crippen LogP contribution in [0.3, 0.4) is 0 Å². The first kappa shape index (κ1) is 48.3. The van der Waals surface area contributed by atoms with Gasteiger partial charge in [-0.3, -0.25) is 14.6 Å². The minimum absolute atomic E-state index is 0.0160. The number of likely N-dealkylation sites (tertiary alicyclic amines) is 2. The molecule has 4 heterocycles. The molecule has 0 aromatic heterocycles. The monoisotopic (exact) mass is 987 g/mol. The summed E-state index contributed by atoms with van der Waals surface area (Å²) in [7, 11) is 1.83. The van der Waals surface area contributed by atoms with Crippen molar-refractivity contribution in [1.29, 1.82) is 0 Å². The maximum Gasteiger partial charge on any atom is 0.339 e. The Balaban J connectivity index is 0.000000122. The van der Waals surface area contributed by atoms with Crippen LogP contribution in [0.5, 0.6) is 28.7 Å². The maximum atomic E-state index is 12.2. The Labute approximate surface area is 423 Å². The molecule has 2 saturated heterocycles. The summed E-state index contributed by atoms with van der Waals surface area (Å²) in [5, 5.41) is 54.3. The van der Waals surface area contributed by atoms with Crippen LogP contribution in [0.15, 0.2) is 60.7 Å². The average molecular weight is 987 g/mol. The first-order chi connectivity index (χ1) is 34.2. The molecule has 6 bridgehead atoms. The molecular weight excluding hydrogens is 913 g/mol.